The minimum atomic E-state index is -0.305. The van der Waals surface area contributed by atoms with Gasteiger partial charge < -0.3 is 4.90 Å². The first-order valence-corrected chi connectivity index (χ1v) is 8.20. The second-order valence-corrected chi connectivity index (χ2v) is 6.35. The predicted molar refractivity (Wildman–Crippen MR) is 90.9 cm³/mol. The monoisotopic (exact) mass is 340 g/mol. The van der Waals surface area contributed by atoms with E-state index in [1.807, 2.05) is 29.2 Å². The Bertz CT molecular complexity index is 1060. The van der Waals surface area contributed by atoms with Crippen LogP contribution < -0.4 is 19.8 Å². The summed E-state index contributed by atoms with van der Waals surface area (Å²) in [4.78, 5) is 23.8. The summed E-state index contributed by atoms with van der Waals surface area (Å²) in [6.45, 7) is 0.750. The largest absolute Gasteiger partial charge is 0.333 e. The van der Waals surface area contributed by atoms with Crippen LogP contribution in [0.15, 0.2) is 58.4 Å². The molecule has 0 spiro atoms. The number of benzene rings is 1. The van der Waals surface area contributed by atoms with Crippen LogP contribution in [0.1, 0.15) is 5.69 Å². The van der Waals surface area contributed by atoms with Gasteiger partial charge in [0.05, 0.1) is 10.2 Å². The lowest BCUT2D eigenvalue weighted by molar-refractivity contribution is 0.565. The van der Waals surface area contributed by atoms with Crippen LogP contribution in [-0.2, 0) is 6.67 Å². The van der Waals surface area contributed by atoms with Crippen LogP contribution in [0.4, 0.5) is 10.1 Å². The van der Waals surface area contributed by atoms with E-state index in [1.165, 1.54) is 23.5 Å². The molecule has 120 valence electrons. The highest BCUT2D eigenvalue weighted by molar-refractivity contribution is 7.07. The fraction of sp³-hybridized carbons (Fsp3) is 0.118. The molecule has 0 amide bonds. The van der Waals surface area contributed by atoms with Crippen molar-refractivity contribution < 1.29 is 4.39 Å². The van der Waals surface area contributed by atoms with Gasteiger partial charge in [-0.15, -0.1) is 0 Å². The van der Waals surface area contributed by atoms with E-state index in [0.29, 0.717) is 28.4 Å². The Balaban J connectivity index is 1.73. The van der Waals surface area contributed by atoms with Gasteiger partial charge in [-0.25, -0.2) is 9.38 Å². The molecule has 0 aliphatic carbocycles. The zero-order chi connectivity index (χ0) is 16.5. The Hall–Kier alpha value is -2.80. The molecule has 5 nitrogen and oxygen atoms in total. The number of hydrogen-bond acceptors (Lipinski definition) is 5. The Morgan fingerprint density at radius 2 is 2.12 bits per heavy atom. The molecule has 4 rings (SSSR count). The average Bonchev–Trinajstić information content (AvgIpc) is 2.91. The summed E-state index contributed by atoms with van der Waals surface area (Å²) in [7, 11) is 0. The van der Waals surface area contributed by atoms with Gasteiger partial charge in [-0.1, -0.05) is 23.5 Å². The van der Waals surface area contributed by atoms with Crippen molar-refractivity contribution >= 4 is 23.1 Å². The minimum Gasteiger partial charge on any atom is -0.333 e. The van der Waals surface area contributed by atoms with E-state index < -0.39 is 0 Å². The molecule has 0 saturated heterocycles. The van der Waals surface area contributed by atoms with Crippen molar-refractivity contribution in [2.45, 2.75) is 6.67 Å². The molecule has 24 heavy (non-hydrogen) atoms. The van der Waals surface area contributed by atoms with Gasteiger partial charge in [0.2, 0.25) is 0 Å². The lowest BCUT2D eigenvalue weighted by Gasteiger charge is -2.25. The summed E-state index contributed by atoms with van der Waals surface area (Å²) in [6.07, 6.45) is 3.45. The van der Waals surface area contributed by atoms with Crippen LogP contribution in [0.25, 0.3) is 6.08 Å². The molecule has 0 fully saturated rings. The van der Waals surface area contributed by atoms with E-state index in [4.69, 9.17) is 0 Å². The molecule has 0 saturated carbocycles. The number of pyridine rings is 1. The maximum Gasteiger partial charge on any atom is 0.271 e. The number of nitrogens with zero attached hydrogens (tertiary/aromatic N) is 4. The van der Waals surface area contributed by atoms with E-state index in [-0.39, 0.29) is 11.4 Å². The molecule has 0 N–H and O–H groups in total. The van der Waals surface area contributed by atoms with Crippen LogP contribution in [0.3, 0.4) is 0 Å². The zero-order valence-electron chi connectivity index (χ0n) is 12.6. The molecule has 3 aromatic rings. The molecule has 1 aliphatic heterocycles. The quantitative estimate of drug-likeness (QED) is 0.707. The van der Waals surface area contributed by atoms with Crippen molar-refractivity contribution in [3.63, 3.8) is 0 Å². The van der Waals surface area contributed by atoms with Crippen LogP contribution >= 0.6 is 11.3 Å². The third-order valence-corrected chi connectivity index (χ3v) is 4.76. The second-order valence-electron chi connectivity index (χ2n) is 5.34. The number of fused-ring (bicyclic) bond motifs is 1. The molecule has 0 radical (unpaired) electrons. The maximum atomic E-state index is 13.4. The van der Waals surface area contributed by atoms with Gasteiger partial charge in [0, 0.05) is 11.9 Å². The van der Waals surface area contributed by atoms with Crippen LogP contribution in [-0.4, -0.2) is 16.2 Å². The molecule has 0 atom stereocenters. The standard InChI is InChI=1S/C17H13FN4OS/c18-12-4-3-6-14(8-12)21-10-20-17-22(11-21)16(23)15(24-17)9-13-5-1-2-7-19-13/h1-9H,10-11H2. The van der Waals surface area contributed by atoms with Gasteiger partial charge in [-0.3, -0.25) is 14.3 Å². The van der Waals surface area contributed by atoms with Crippen LogP contribution in [0, 0.1) is 5.82 Å². The SMILES string of the molecule is O=c1c(=Cc2ccccn2)sc2n1CN(c1cccc(F)c1)CN=2. The molecular weight excluding hydrogens is 327 g/mol. The van der Waals surface area contributed by atoms with Gasteiger partial charge >= 0.3 is 0 Å². The smallest absolute Gasteiger partial charge is 0.271 e. The van der Waals surface area contributed by atoms with E-state index >= 15 is 0 Å². The van der Waals surface area contributed by atoms with Crippen molar-refractivity contribution in [2.75, 3.05) is 11.6 Å². The van der Waals surface area contributed by atoms with Gasteiger partial charge in [0.15, 0.2) is 4.80 Å². The van der Waals surface area contributed by atoms with Gasteiger partial charge in [0.25, 0.3) is 5.56 Å². The molecule has 1 aromatic carbocycles. The average molecular weight is 340 g/mol. The van der Waals surface area contributed by atoms with E-state index in [1.54, 1.807) is 22.9 Å². The molecule has 3 heterocycles. The van der Waals surface area contributed by atoms with Crippen molar-refractivity contribution in [1.29, 1.82) is 0 Å². The minimum absolute atomic E-state index is 0.106. The van der Waals surface area contributed by atoms with E-state index in [2.05, 4.69) is 9.98 Å². The van der Waals surface area contributed by atoms with Gasteiger partial charge in [-0.2, -0.15) is 0 Å². The highest BCUT2D eigenvalue weighted by atomic mass is 32.1. The molecular formula is C17H13FN4OS. The lowest BCUT2D eigenvalue weighted by Crippen LogP contribution is -2.42. The zero-order valence-corrected chi connectivity index (χ0v) is 13.4. The summed E-state index contributed by atoms with van der Waals surface area (Å²) in [5.74, 6) is -0.305. The summed E-state index contributed by atoms with van der Waals surface area (Å²) in [5, 5.41) is 0. The molecule has 2 aromatic heterocycles. The summed E-state index contributed by atoms with van der Waals surface area (Å²) in [6, 6.07) is 11.8. The number of rotatable bonds is 2. The number of anilines is 1. The first-order chi connectivity index (χ1) is 11.7. The van der Waals surface area contributed by atoms with Gasteiger partial charge in [-0.05, 0) is 36.4 Å². The Morgan fingerprint density at radius 1 is 1.21 bits per heavy atom. The fourth-order valence-electron chi connectivity index (χ4n) is 2.54. The van der Waals surface area contributed by atoms with Crippen molar-refractivity contribution in [3.8, 4) is 0 Å². The Kier molecular flexibility index (Phi) is 3.70. The Labute approximate surface area is 140 Å². The summed E-state index contributed by atoms with van der Waals surface area (Å²) >= 11 is 1.34. The molecule has 0 unspecified atom stereocenters. The van der Waals surface area contributed by atoms with Crippen molar-refractivity contribution in [1.82, 2.24) is 9.55 Å². The third kappa shape index (κ3) is 2.74. The number of hydrogen-bond donors (Lipinski definition) is 0. The summed E-state index contributed by atoms with van der Waals surface area (Å²) in [5.41, 5.74) is 1.33. The Morgan fingerprint density at radius 3 is 2.92 bits per heavy atom. The van der Waals surface area contributed by atoms with Gasteiger partial charge in [0.1, 0.15) is 19.2 Å². The first-order valence-electron chi connectivity index (χ1n) is 7.38. The van der Waals surface area contributed by atoms with Crippen molar-refractivity contribution in [3.05, 3.63) is 79.9 Å². The number of thiazole rings is 1. The highest BCUT2D eigenvalue weighted by Crippen LogP contribution is 2.16. The number of halogens is 1. The maximum absolute atomic E-state index is 13.4. The normalized spacial score (nSPS) is 14.4. The lowest BCUT2D eigenvalue weighted by atomic mass is 10.3. The molecule has 0 bridgehead atoms. The fourth-order valence-corrected chi connectivity index (χ4v) is 3.49. The molecule has 7 heteroatoms. The summed E-state index contributed by atoms with van der Waals surface area (Å²) < 4.78 is 15.6. The number of aromatic nitrogens is 2. The van der Waals surface area contributed by atoms with E-state index in [0.717, 1.165) is 5.69 Å². The highest BCUT2D eigenvalue weighted by Gasteiger charge is 2.16. The topological polar surface area (TPSA) is 50.5 Å². The van der Waals surface area contributed by atoms with E-state index in [9.17, 15) is 9.18 Å². The van der Waals surface area contributed by atoms with Crippen molar-refractivity contribution in [2.24, 2.45) is 4.99 Å². The second kappa shape index (κ2) is 6.01. The first kappa shape index (κ1) is 14.8. The predicted octanol–water partition coefficient (Wildman–Crippen LogP) is 1.33. The third-order valence-electron chi connectivity index (χ3n) is 3.72. The van der Waals surface area contributed by atoms with Crippen LogP contribution in [0.5, 0.6) is 0 Å². The molecule has 1 aliphatic rings. The van der Waals surface area contributed by atoms with Crippen LogP contribution in [0.2, 0.25) is 0 Å².